The fourth-order valence-corrected chi connectivity index (χ4v) is 4.08. The van der Waals surface area contributed by atoms with Crippen molar-refractivity contribution in [1.82, 2.24) is 4.31 Å². The second kappa shape index (κ2) is 7.57. The molecule has 0 aromatic heterocycles. The van der Waals surface area contributed by atoms with Crippen LogP contribution in [0.4, 0.5) is 0 Å². The standard InChI is InChI=1S/C17H27NO3S/c1-4-15-5-7-17(8-6-15)22(19,20)18-11-9-16(10-12-18)21-13-14(2)3/h5-8,14,16H,4,9-13H2,1-3H3. The second-order valence-electron chi connectivity index (χ2n) is 6.33. The van der Waals surface area contributed by atoms with Crippen molar-refractivity contribution in [2.75, 3.05) is 19.7 Å². The molecule has 1 fully saturated rings. The molecule has 0 aliphatic carbocycles. The molecule has 1 saturated heterocycles. The van der Waals surface area contributed by atoms with Crippen LogP contribution in [0.15, 0.2) is 29.2 Å². The van der Waals surface area contributed by atoms with Crippen molar-refractivity contribution in [2.24, 2.45) is 5.92 Å². The molecule has 22 heavy (non-hydrogen) atoms. The summed E-state index contributed by atoms with van der Waals surface area (Å²) < 4.78 is 32.7. The highest BCUT2D eigenvalue weighted by molar-refractivity contribution is 7.89. The monoisotopic (exact) mass is 325 g/mol. The van der Waals surface area contributed by atoms with Gasteiger partial charge in [0.2, 0.25) is 10.0 Å². The van der Waals surface area contributed by atoms with Gasteiger partial charge in [-0.25, -0.2) is 8.42 Å². The number of piperidine rings is 1. The lowest BCUT2D eigenvalue weighted by Crippen LogP contribution is -2.41. The quantitative estimate of drug-likeness (QED) is 0.807. The van der Waals surface area contributed by atoms with Crippen LogP contribution in [0.2, 0.25) is 0 Å². The van der Waals surface area contributed by atoms with E-state index in [1.54, 1.807) is 16.4 Å². The van der Waals surface area contributed by atoms with Gasteiger partial charge < -0.3 is 4.74 Å². The van der Waals surface area contributed by atoms with Crippen molar-refractivity contribution in [3.63, 3.8) is 0 Å². The highest BCUT2D eigenvalue weighted by Gasteiger charge is 2.29. The van der Waals surface area contributed by atoms with E-state index < -0.39 is 10.0 Å². The van der Waals surface area contributed by atoms with Crippen LogP contribution in [0.3, 0.4) is 0 Å². The Labute approximate surface area is 134 Å². The lowest BCUT2D eigenvalue weighted by molar-refractivity contribution is 0.00749. The molecule has 4 nitrogen and oxygen atoms in total. The van der Waals surface area contributed by atoms with E-state index in [9.17, 15) is 8.42 Å². The number of benzene rings is 1. The van der Waals surface area contributed by atoms with Crippen molar-refractivity contribution in [2.45, 2.75) is 51.0 Å². The van der Waals surface area contributed by atoms with Crippen LogP contribution in [0.5, 0.6) is 0 Å². The largest absolute Gasteiger partial charge is 0.378 e. The number of sulfonamides is 1. The average Bonchev–Trinajstić information content (AvgIpc) is 2.53. The fourth-order valence-electron chi connectivity index (χ4n) is 2.61. The van der Waals surface area contributed by atoms with Gasteiger partial charge in [0.1, 0.15) is 0 Å². The number of nitrogens with zero attached hydrogens (tertiary/aromatic N) is 1. The van der Waals surface area contributed by atoms with Crippen molar-refractivity contribution in [3.8, 4) is 0 Å². The molecule has 1 aliphatic rings. The van der Waals surface area contributed by atoms with E-state index in [4.69, 9.17) is 4.74 Å². The summed E-state index contributed by atoms with van der Waals surface area (Å²) in [5, 5.41) is 0. The third kappa shape index (κ3) is 4.31. The molecule has 1 aromatic carbocycles. The SMILES string of the molecule is CCc1ccc(S(=O)(=O)N2CCC(OCC(C)C)CC2)cc1. The topological polar surface area (TPSA) is 46.6 Å². The average molecular weight is 325 g/mol. The van der Waals surface area contributed by atoms with E-state index in [-0.39, 0.29) is 6.10 Å². The summed E-state index contributed by atoms with van der Waals surface area (Å²) in [6.45, 7) is 8.14. The van der Waals surface area contributed by atoms with Gasteiger partial charge in [0, 0.05) is 19.7 Å². The first-order valence-electron chi connectivity index (χ1n) is 8.14. The summed E-state index contributed by atoms with van der Waals surface area (Å²) in [6.07, 6.45) is 2.66. The normalized spacial score (nSPS) is 18.0. The van der Waals surface area contributed by atoms with Gasteiger partial charge in [-0.15, -0.1) is 0 Å². The Kier molecular flexibility index (Phi) is 6.01. The Morgan fingerprint density at radius 1 is 1.18 bits per heavy atom. The van der Waals surface area contributed by atoms with Crippen LogP contribution >= 0.6 is 0 Å². The number of ether oxygens (including phenoxy) is 1. The van der Waals surface area contributed by atoms with Gasteiger partial charge in [-0.2, -0.15) is 4.31 Å². The lowest BCUT2D eigenvalue weighted by Gasteiger charge is -2.31. The molecule has 0 unspecified atom stereocenters. The Hall–Kier alpha value is -0.910. The first-order valence-corrected chi connectivity index (χ1v) is 9.58. The summed E-state index contributed by atoms with van der Waals surface area (Å²) in [4.78, 5) is 0.395. The highest BCUT2D eigenvalue weighted by Crippen LogP contribution is 2.22. The van der Waals surface area contributed by atoms with Gasteiger partial charge in [0.05, 0.1) is 11.0 Å². The molecule has 1 heterocycles. The summed E-state index contributed by atoms with van der Waals surface area (Å²) in [6, 6.07) is 7.22. The van der Waals surface area contributed by atoms with Gasteiger partial charge >= 0.3 is 0 Å². The molecule has 0 N–H and O–H groups in total. The molecule has 2 rings (SSSR count). The van der Waals surface area contributed by atoms with Crippen LogP contribution in [0.1, 0.15) is 39.2 Å². The van der Waals surface area contributed by atoms with E-state index in [1.807, 2.05) is 12.1 Å². The Morgan fingerprint density at radius 3 is 2.27 bits per heavy atom. The predicted molar refractivity (Wildman–Crippen MR) is 88.4 cm³/mol. The molecule has 0 radical (unpaired) electrons. The van der Waals surface area contributed by atoms with Crippen molar-refractivity contribution in [3.05, 3.63) is 29.8 Å². The maximum atomic E-state index is 12.6. The van der Waals surface area contributed by atoms with Crippen LogP contribution in [0, 0.1) is 5.92 Å². The minimum Gasteiger partial charge on any atom is -0.378 e. The number of aryl methyl sites for hydroxylation is 1. The maximum absolute atomic E-state index is 12.6. The summed E-state index contributed by atoms with van der Waals surface area (Å²) in [5.74, 6) is 0.513. The smallest absolute Gasteiger partial charge is 0.243 e. The van der Waals surface area contributed by atoms with E-state index in [1.165, 1.54) is 0 Å². The second-order valence-corrected chi connectivity index (χ2v) is 8.27. The maximum Gasteiger partial charge on any atom is 0.243 e. The van der Waals surface area contributed by atoms with Gasteiger partial charge in [0.15, 0.2) is 0 Å². The van der Waals surface area contributed by atoms with Crippen LogP contribution < -0.4 is 0 Å². The van der Waals surface area contributed by atoms with Crippen LogP contribution in [-0.2, 0) is 21.2 Å². The molecular formula is C17H27NO3S. The van der Waals surface area contributed by atoms with Crippen LogP contribution in [-0.4, -0.2) is 38.5 Å². The molecule has 5 heteroatoms. The van der Waals surface area contributed by atoms with Crippen LogP contribution in [0.25, 0.3) is 0 Å². The predicted octanol–water partition coefficient (Wildman–Crippen LogP) is 3.07. The van der Waals surface area contributed by atoms with Gasteiger partial charge in [-0.05, 0) is 42.9 Å². The first-order chi connectivity index (χ1) is 10.4. The molecule has 0 saturated carbocycles. The minimum absolute atomic E-state index is 0.191. The van der Waals surface area contributed by atoms with Gasteiger partial charge in [0.25, 0.3) is 0 Å². The first kappa shape index (κ1) is 17.4. The zero-order chi connectivity index (χ0) is 16.2. The Balaban J connectivity index is 1.96. The van der Waals surface area contributed by atoms with E-state index in [0.717, 1.165) is 31.4 Å². The Bertz CT molecular complexity index is 558. The zero-order valence-electron chi connectivity index (χ0n) is 13.8. The van der Waals surface area contributed by atoms with E-state index in [2.05, 4.69) is 20.8 Å². The van der Waals surface area contributed by atoms with Crippen molar-refractivity contribution >= 4 is 10.0 Å². The molecule has 124 valence electrons. The highest BCUT2D eigenvalue weighted by atomic mass is 32.2. The molecule has 0 bridgehead atoms. The molecule has 1 aromatic rings. The van der Waals surface area contributed by atoms with Crippen molar-refractivity contribution in [1.29, 1.82) is 0 Å². The summed E-state index contributed by atoms with van der Waals surface area (Å²) in [5.41, 5.74) is 1.15. The fraction of sp³-hybridized carbons (Fsp3) is 0.647. The summed E-state index contributed by atoms with van der Waals surface area (Å²) >= 11 is 0. The molecule has 1 aliphatic heterocycles. The molecule has 0 amide bonds. The number of rotatable bonds is 6. The molecule has 0 atom stereocenters. The third-order valence-electron chi connectivity index (χ3n) is 4.04. The molecular weight excluding hydrogens is 298 g/mol. The Morgan fingerprint density at radius 2 is 1.77 bits per heavy atom. The number of hydrogen-bond acceptors (Lipinski definition) is 3. The van der Waals surface area contributed by atoms with E-state index in [0.29, 0.717) is 23.9 Å². The van der Waals surface area contributed by atoms with Crippen molar-refractivity contribution < 1.29 is 13.2 Å². The summed E-state index contributed by atoms with van der Waals surface area (Å²) in [7, 11) is -3.36. The van der Waals surface area contributed by atoms with Gasteiger partial charge in [-0.1, -0.05) is 32.9 Å². The number of hydrogen-bond donors (Lipinski definition) is 0. The minimum atomic E-state index is -3.36. The van der Waals surface area contributed by atoms with E-state index >= 15 is 0 Å². The lowest BCUT2D eigenvalue weighted by atomic mass is 10.1. The molecule has 0 spiro atoms. The van der Waals surface area contributed by atoms with Gasteiger partial charge in [-0.3, -0.25) is 0 Å². The third-order valence-corrected chi connectivity index (χ3v) is 5.95. The zero-order valence-corrected chi connectivity index (χ0v) is 14.6.